The van der Waals surface area contributed by atoms with Crippen molar-refractivity contribution in [2.75, 3.05) is 25.2 Å². The second kappa shape index (κ2) is 2.18. The Hall–Kier alpha value is -0.130. The summed E-state index contributed by atoms with van der Waals surface area (Å²) in [7, 11) is -1.33. The minimum atomic E-state index is -2.82. The van der Waals surface area contributed by atoms with Crippen molar-refractivity contribution < 1.29 is 13.2 Å². The third-order valence-corrected chi connectivity index (χ3v) is 3.70. The van der Waals surface area contributed by atoms with Crippen molar-refractivity contribution >= 4 is 9.84 Å². The van der Waals surface area contributed by atoms with Gasteiger partial charge in [0.25, 0.3) is 0 Å². The van der Waals surface area contributed by atoms with Crippen molar-refractivity contribution in [3.63, 3.8) is 0 Å². The van der Waals surface area contributed by atoms with Crippen LogP contribution in [-0.2, 0) is 14.6 Å². The third-order valence-electron chi connectivity index (χ3n) is 1.77. The molecule has 0 aromatic rings. The molecule has 60 valence electrons. The molecule has 0 radical (unpaired) electrons. The fourth-order valence-electron chi connectivity index (χ4n) is 1.08. The van der Waals surface area contributed by atoms with E-state index in [9.17, 15) is 8.42 Å². The maximum Gasteiger partial charge on any atom is 0.156 e. The summed E-state index contributed by atoms with van der Waals surface area (Å²) in [5.41, 5.74) is 4.74. The van der Waals surface area contributed by atoms with Crippen molar-refractivity contribution in [1.82, 2.24) is 0 Å². The Morgan fingerprint density at radius 1 is 1.60 bits per heavy atom. The Labute approximate surface area is 60.3 Å². The van der Waals surface area contributed by atoms with Crippen LogP contribution in [0.5, 0.6) is 0 Å². The molecule has 1 rings (SSSR count). The number of methoxy groups -OCH3 is 1. The first kappa shape index (κ1) is 7.97. The predicted octanol–water partition coefficient (Wildman–Crippen LogP) is -1.24. The van der Waals surface area contributed by atoms with Gasteiger partial charge in [-0.1, -0.05) is 0 Å². The van der Waals surface area contributed by atoms with Crippen molar-refractivity contribution in [1.29, 1.82) is 0 Å². The standard InChI is InChI=1S/C5H11NO3S/c1-9-5(2-6)3-10(7,8)4-5/h2-4,6H2,1H3. The summed E-state index contributed by atoms with van der Waals surface area (Å²) in [5.74, 6) is 0.153. The highest BCUT2D eigenvalue weighted by molar-refractivity contribution is 7.93. The van der Waals surface area contributed by atoms with E-state index in [1.165, 1.54) is 7.11 Å². The van der Waals surface area contributed by atoms with Gasteiger partial charge in [0.1, 0.15) is 5.60 Å². The summed E-state index contributed by atoms with van der Waals surface area (Å²) < 4.78 is 26.3. The maximum absolute atomic E-state index is 10.7. The number of hydrogen-bond donors (Lipinski definition) is 1. The summed E-state index contributed by atoms with van der Waals surface area (Å²) in [6, 6.07) is 0. The zero-order valence-corrected chi connectivity index (χ0v) is 6.65. The first-order valence-corrected chi connectivity index (χ1v) is 4.81. The molecule has 1 aliphatic rings. The average Bonchev–Trinajstić information content (AvgIpc) is 1.82. The zero-order valence-electron chi connectivity index (χ0n) is 5.83. The van der Waals surface area contributed by atoms with E-state index in [0.29, 0.717) is 0 Å². The van der Waals surface area contributed by atoms with Gasteiger partial charge in [0.15, 0.2) is 9.84 Å². The van der Waals surface area contributed by atoms with E-state index in [1.807, 2.05) is 0 Å². The fraction of sp³-hybridized carbons (Fsp3) is 1.00. The summed E-state index contributed by atoms with van der Waals surface area (Å²) in [6.45, 7) is 0.280. The molecule has 0 amide bonds. The molecule has 1 saturated heterocycles. The first-order valence-electron chi connectivity index (χ1n) is 2.99. The summed E-state index contributed by atoms with van der Waals surface area (Å²) in [6.07, 6.45) is 0. The minimum absolute atomic E-state index is 0.0764. The Balaban J connectivity index is 2.63. The van der Waals surface area contributed by atoms with E-state index >= 15 is 0 Å². The molecule has 0 aromatic carbocycles. The van der Waals surface area contributed by atoms with Crippen LogP contribution in [0.25, 0.3) is 0 Å². The second-order valence-electron chi connectivity index (χ2n) is 2.62. The third kappa shape index (κ3) is 1.16. The highest BCUT2D eigenvalue weighted by Gasteiger charge is 2.47. The Morgan fingerprint density at radius 2 is 2.10 bits per heavy atom. The fourth-order valence-corrected chi connectivity index (χ4v) is 3.07. The Kier molecular flexibility index (Phi) is 1.74. The molecule has 10 heavy (non-hydrogen) atoms. The largest absolute Gasteiger partial charge is 0.375 e. The van der Waals surface area contributed by atoms with Crippen molar-refractivity contribution in [2.24, 2.45) is 5.73 Å². The topological polar surface area (TPSA) is 69.4 Å². The number of nitrogens with two attached hydrogens (primary N) is 1. The van der Waals surface area contributed by atoms with Gasteiger partial charge in [-0.15, -0.1) is 0 Å². The van der Waals surface area contributed by atoms with Crippen LogP contribution in [0.15, 0.2) is 0 Å². The SMILES string of the molecule is COC1(CN)CS(=O)(=O)C1. The van der Waals surface area contributed by atoms with Crippen LogP contribution in [0.3, 0.4) is 0 Å². The van der Waals surface area contributed by atoms with E-state index < -0.39 is 15.4 Å². The highest BCUT2D eigenvalue weighted by atomic mass is 32.2. The molecular formula is C5H11NO3S. The molecule has 1 aliphatic heterocycles. The van der Waals surface area contributed by atoms with Crippen molar-refractivity contribution in [3.8, 4) is 0 Å². The van der Waals surface area contributed by atoms with Crippen LogP contribution in [0.4, 0.5) is 0 Å². The average molecular weight is 165 g/mol. The monoisotopic (exact) mass is 165 g/mol. The molecule has 0 aliphatic carbocycles. The van der Waals surface area contributed by atoms with Gasteiger partial charge in [-0.2, -0.15) is 0 Å². The molecular weight excluding hydrogens is 154 g/mol. The van der Waals surface area contributed by atoms with Gasteiger partial charge in [0, 0.05) is 13.7 Å². The number of ether oxygens (including phenoxy) is 1. The maximum atomic E-state index is 10.7. The molecule has 0 spiro atoms. The van der Waals surface area contributed by atoms with Crippen molar-refractivity contribution in [3.05, 3.63) is 0 Å². The van der Waals surface area contributed by atoms with Crippen LogP contribution >= 0.6 is 0 Å². The van der Waals surface area contributed by atoms with E-state index in [1.54, 1.807) is 0 Å². The van der Waals surface area contributed by atoms with E-state index in [-0.39, 0.29) is 18.1 Å². The molecule has 2 N–H and O–H groups in total. The van der Waals surface area contributed by atoms with Gasteiger partial charge in [0.2, 0.25) is 0 Å². The first-order chi connectivity index (χ1) is 4.54. The van der Waals surface area contributed by atoms with Gasteiger partial charge >= 0.3 is 0 Å². The molecule has 0 saturated carbocycles. The molecule has 0 atom stereocenters. The zero-order chi connectivity index (χ0) is 7.83. The molecule has 0 aromatic heterocycles. The van der Waals surface area contributed by atoms with E-state index in [2.05, 4.69) is 0 Å². The summed E-state index contributed by atoms with van der Waals surface area (Å²) in [5, 5.41) is 0. The lowest BCUT2D eigenvalue weighted by Gasteiger charge is -2.38. The van der Waals surface area contributed by atoms with Crippen LogP contribution < -0.4 is 5.73 Å². The van der Waals surface area contributed by atoms with Gasteiger partial charge in [-0.05, 0) is 0 Å². The predicted molar refractivity (Wildman–Crippen MR) is 37.4 cm³/mol. The van der Waals surface area contributed by atoms with Crippen LogP contribution in [0, 0.1) is 0 Å². The van der Waals surface area contributed by atoms with Gasteiger partial charge in [0.05, 0.1) is 11.5 Å². The lowest BCUT2D eigenvalue weighted by molar-refractivity contribution is 0.0238. The summed E-state index contributed by atoms with van der Waals surface area (Å²) >= 11 is 0. The lowest BCUT2D eigenvalue weighted by atomic mass is 10.1. The molecule has 5 heteroatoms. The number of rotatable bonds is 2. The van der Waals surface area contributed by atoms with Gasteiger partial charge in [-0.3, -0.25) is 0 Å². The van der Waals surface area contributed by atoms with Gasteiger partial charge < -0.3 is 10.5 Å². The van der Waals surface area contributed by atoms with Gasteiger partial charge in [-0.25, -0.2) is 8.42 Å². The van der Waals surface area contributed by atoms with E-state index in [4.69, 9.17) is 10.5 Å². The normalized spacial score (nSPS) is 27.4. The smallest absolute Gasteiger partial charge is 0.156 e. The van der Waals surface area contributed by atoms with E-state index in [0.717, 1.165) is 0 Å². The minimum Gasteiger partial charge on any atom is -0.375 e. The van der Waals surface area contributed by atoms with Crippen molar-refractivity contribution in [2.45, 2.75) is 5.60 Å². The van der Waals surface area contributed by atoms with Crippen LogP contribution in [-0.4, -0.2) is 39.2 Å². The molecule has 1 heterocycles. The summed E-state index contributed by atoms with van der Waals surface area (Å²) in [4.78, 5) is 0. The number of sulfone groups is 1. The molecule has 0 bridgehead atoms. The Bertz CT molecular complexity index is 203. The molecule has 4 nitrogen and oxygen atoms in total. The Morgan fingerprint density at radius 3 is 2.20 bits per heavy atom. The van der Waals surface area contributed by atoms with Crippen LogP contribution in [0.1, 0.15) is 0 Å². The highest BCUT2D eigenvalue weighted by Crippen LogP contribution is 2.25. The quantitative estimate of drug-likeness (QED) is 0.555. The second-order valence-corrected chi connectivity index (χ2v) is 4.69. The lowest BCUT2D eigenvalue weighted by Crippen LogP contribution is -2.60. The molecule has 1 fully saturated rings. The molecule has 0 unspecified atom stereocenters. The number of hydrogen-bond acceptors (Lipinski definition) is 4. The van der Waals surface area contributed by atoms with Crippen LogP contribution in [0.2, 0.25) is 0 Å².